The average Bonchev–Trinajstić information content (AvgIpc) is 2.74. The zero-order valence-electron chi connectivity index (χ0n) is 8.64. The van der Waals surface area contributed by atoms with Gasteiger partial charge in [-0.05, 0) is 28.9 Å². The van der Waals surface area contributed by atoms with Gasteiger partial charge in [-0.2, -0.15) is 5.26 Å². The lowest BCUT2D eigenvalue weighted by Gasteiger charge is -2.07. The zero-order valence-corrected chi connectivity index (χ0v) is 9.46. The molecule has 16 heavy (non-hydrogen) atoms. The van der Waals surface area contributed by atoms with E-state index in [1.807, 2.05) is 24.3 Å². The summed E-state index contributed by atoms with van der Waals surface area (Å²) < 4.78 is 21.7. The highest BCUT2D eigenvalue weighted by Crippen LogP contribution is 2.32. The highest BCUT2D eigenvalue weighted by molar-refractivity contribution is 7.91. The van der Waals surface area contributed by atoms with E-state index in [-0.39, 0.29) is 12.5 Å². The number of aryl methyl sites for hydroxylation is 1. The predicted octanol–water partition coefficient (Wildman–Crippen LogP) is 1.23. The number of ether oxygens (including phenoxy) is 2. The summed E-state index contributed by atoms with van der Waals surface area (Å²) in [6, 6.07) is 7.58. The van der Waals surface area contributed by atoms with Gasteiger partial charge in [0, 0.05) is 6.42 Å². The molecular weight excluding hydrogens is 226 g/mol. The summed E-state index contributed by atoms with van der Waals surface area (Å²) in [6.07, 6.45) is 0.685. The minimum Gasteiger partial charge on any atom is -0.616 e. The van der Waals surface area contributed by atoms with Gasteiger partial charge in [-0.3, -0.25) is 0 Å². The summed E-state index contributed by atoms with van der Waals surface area (Å²) in [5.74, 6) is 2.10. The fourth-order valence-corrected chi connectivity index (χ4v) is 2.22. The molecule has 1 aromatic rings. The summed E-state index contributed by atoms with van der Waals surface area (Å²) in [6.45, 7) is 0.263. The summed E-state index contributed by atoms with van der Waals surface area (Å²) in [5.41, 5.74) is 1.05. The van der Waals surface area contributed by atoms with Crippen molar-refractivity contribution in [1.29, 1.82) is 5.26 Å². The van der Waals surface area contributed by atoms with Crippen LogP contribution in [-0.2, 0) is 17.6 Å². The van der Waals surface area contributed by atoms with Gasteiger partial charge in [-0.15, -0.1) is 0 Å². The number of nitriles is 1. The van der Waals surface area contributed by atoms with E-state index in [0.29, 0.717) is 12.2 Å². The molecule has 1 aliphatic rings. The fraction of sp³-hybridized carbons (Fsp3) is 0.364. The van der Waals surface area contributed by atoms with E-state index in [0.717, 1.165) is 17.1 Å². The lowest BCUT2D eigenvalue weighted by atomic mass is 10.1. The van der Waals surface area contributed by atoms with Crippen LogP contribution in [0.1, 0.15) is 5.56 Å². The Kier molecular flexibility index (Phi) is 3.54. The van der Waals surface area contributed by atoms with E-state index in [1.54, 1.807) is 0 Å². The van der Waals surface area contributed by atoms with E-state index >= 15 is 0 Å². The molecule has 1 atom stereocenters. The topological polar surface area (TPSA) is 65.3 Å². The van der Waals surface area contributed by atoms with Crippen molar-refractivity contribution >= 4 is 11.2 Å². The van der Waals surface area contributed by atoms with Crippen LogP contribution in [0.4, 0.5) is 0 Å². The van der Waals surface area contributed by atoms with E-state index in [1.165, 1.54) is 0 Å². The average molecular weight is 237 g/mol. The molecule has 0 aromatic heterocycles. The summed E-state index contributed by atoms with van der Waals surface area (Å²) >= 11 is -1.05. The zero-order chi connectivity index (χ0) is 11.4. The van der Waals surface area contributed by atoms with Crippen LogP contribution >= 0.6 is 0 Å². The normalized spacial score (nSPS) is 14.5. The van der Waals surface area contributed by atoms with Crippen LogP contribution in [0.2, 0.25) is 0 Å². The van der Waals surface area contributed by atoms with Gasteiger partial charge >= 0.3 is 0 Å². The standard InChI is InChI=1S/C11H11NO3S/c12-4-6-16(13)5-3-9-1-2-10-11(7-9)15-8-14-10/h1-2,7H,3,5-6,8H2. The van der Waals surface area contributed by atoms with Gasteiger partial charge in [-0.1, -0.05) is 6.07 Å². The van der Waals surface area contributed by atoms with Crippen LogP contribution in [0.3, 0.4) is 0 Å². The van der Waals surface area contributed by atoms with Gasteiger partial charge in [0.15, 0.2) is 17.3 Å². The largest absolute Gasteiger partial charge is 0.616 e. The Hall–Kier alpha value is -1.38. The van der Waals surface area contributed by atoms with Crippen LogP contribution < -0.4 is 9.47 Å². The molecule has 1 aliphatic heterocycles. The number of hydrogen-bond donors (Lipinski definition) is 0. The quantitative estimate of drug-likeness (QED) is 0.739. The maximum Gasteiger partial charge on any atom is 0.231 e. The number of rotatable bonds is 4. The lowest BCUT2D eigenvalue weighted by Crippen LogP contribution is -2.11. The maximum absolute atomic E-state index is 11.3. The Morgan fingerprint density at radius 1 is 1.38 bits per heavy atom. The first-order valence-corrected chi connectivity index (χ1v) is 6.39. The molecule has 0 saturated carbocycles. The fourth-order valence-electron chi connectivity index (χ4n) is 1.47. The van der Waals surface area contributed by atoms with Crippen molar-refractivity contribution in [2.45, 2.75) is 6.42 Å². The molecule has 0 radical (unpaired) electrons. The van der Waals surface area contributed by atoms with Gasteiger partial charge in [-0.25, -0.2) is 0 Å². The van der Waals surface area contributed by atoms with Crippen molar-refractivity contribution in [1.82, 2.24) is 0 Å². The molecule has 0 aliphatic carbocycles. The smallest absolute Gasteiger partial charge is 0.231 e. The molecule has 1 aromatic carbocycles. The van der Waals surface area contributed by atoms with Crippen LogP contribution in [0.5, 0.6) is 11.5 Å². The number of benzene rings is 1. The summed E-state index contributed by atoms with van der Waals surface area (Å²) in [5, 5.41) is 8.38. The van der Waals surface area contributed by atoms with E-state index in [9.17, 15) is 4.55 Å². The van der Waals surface area contributed by atoms with Crippen LogP contribution in [0, 0.1) is 11.3 Å². The van der Waals surface area contributed by atoms with Crippen LogP contribution in [0.15, 0.2) is 18.2 Å². The van der Waals surface area contributed by atoms with Crippen molar-refractivity contribution in [3.8, 4) is 17.6 Å². The molecule has 1 unspecified atom stereocenters. The second kappa shape index (κ2) is 5.10. The SMILES string of the molecule is N#CC[S+]([O-])CCc1ccc2c(c1)OCO2. The van der Waals surface area contributed by atoms with Crippen molar-refractivity contribution in [3.63, 3.8) is 0 Å². The summed E-state index contributed by atoms with van der Waals surface area (Å²) in [7, 11) is 0. The Labute approximate surface area is 97.0 Å². The molecule has 0 fully saturated rings. The molecule has 2 rings (SSSR count). The van der Waals surface area contributed by atoms with Crippen LogP contribution in [0.25, 0.3) is 0 Å². The Bertz CT molecular complexity index is 416. The van der Waals surface area contributed by atoms with Crippen molar-refractivity contribution in [3.05, 3.63) is 23.8 Å². The third kappa shape index (κ3) is 2.60. The third-order valence-electron chi connectivity index (χ3n) is 2.28. The number of hydrogen-bond acceptors (Lipinski definition) is 4. The molecule has 0 N–H and O–H groups in total. The molecule has 0 spiro atoms. The molecular formula is C11H11NO3S. The van der Waals surface area contributed by atoms with Crippen molar-refractivity contribution in [2.75, 3.05) is 18.3 Å². The lowest BCUT2D eigenvalue weighted by molar-refractivity contribution is 0.174. The molecule has 4 nitrogen and oxygen atoms in total. The second-order valence-electron chi connectivity index (χ2n) is 3.38. The summed E-state index contributed by atoms with van der Waals surface area (Å²) in [4.78, 5) is 0. The van der Waals surface area contributed by atoms with Crippen LogP contribution in [-0.4, -0.2) is 22.9 Å². The molecule has 84 valence electrons. The highest BCUT2D eigenvalue weighted by Gasteiger charge is 2.14. The van der Waals surface area contributed by atoms with Crippen molar-refractivity contribution < 1.29 is 14.0 Å². The van der Waals surface area contributed by atoms with Gasteiger partial charge in [0.25, 0.3) is 0 Å². The monoisotopic (exact) mass is 237 g/mol. The van der Waals surface area contributed by atoms with E-state index < -0.39 is 11.2 Å². The molecule has 0 amide bonds. The molecule has 1 heterocycles. The van der Waals surface area contributed by atoms with Gasteiger partial charge in [0.1, 0.15) is 11.8 Å². The number of fused-ring (bicyclic) bond motifs is 1. The van der Waals surface area contributed by atoms with E-state index in [4.69, 9.17) is 14.7 Å². The first-order chi connectivity index (χ1) is 7.79. The van der Waals surface area contributed by atoms with Gasteiger partial charge in [0.2, 0.25) is 6.79 Å². The molecule has 0 bridgehead atoms. The first-order valence-electron chi connectivity index (χ1n) is 4.90. The third-order valence-corrected chi connectivity index (χ3v) is 3.39. The number of nitrogens with zero attached hydrogens (tertiary/aromatic N) is 1. The first kappa shape index (κ1) is 11.1. The van der Waals surface area contributed by atoms with Crippen molar-refractivity contribution in [2.24, 2.45) is 0 Å². The second-order valence-corrected chi connectivity index (χ2v) is 4.96. The minimum absolute atomic E-state index is 0.102. The molecule has 0 saturated heterocycles. The minimum atomic E-state index is -1.05. The Morgan fingerprint density at radius 3 is 3.00 bits per heavy atom. The van der Waals surface area contributed by atoms with E-state index in [2.05, 4.69) is 0 Å². The highest BCUT2D eigenvalue weighted by atomic mass is 32.2. The van der Waals surface area contributed by atoms with Gasteiger partial charge < -0.3 is 14.0 Å². The Morgan fingerprint density at radius 2 is 2.19 bits per heavy atom. The van der Waals surface area contributed by atoms with Gasteiger partial charge in [0.05, 0.1) is 0 Å². The predicted molar refractivity (Wildman–Crippen MR) is 59.8 cm³/mol. The maximum atomic E-state index is 11.3. The Balaban J connectivity index is 1.93. The molecule has 5 heteroatoms.